The normalized spacial score (nSPS) is 19.5. The van der Waals surface area contributed by atoms with Gasteiger partial charge in [0.1, 0.15) is 0 Å². The van der Waals surface area contributed by atoms with Crippen LogP contribution in [0.2, 0.25) is 0 Å². The Morgan fingerprint density at radius 1 is 1.15 bits per heavy atom. The van der Waals surface area contributed by atoms with E-state index < -0.39 is 6.09 Å². The molecular formula is C20H26N2O3S. The van der Waals surface area contributed by atoms with Crippen molar-refractivity contribution in [3.63, 3.8) is 0 Å². The summed E-state index contributed by atoms with van der Waals surface area (Å²) in [5.41, 5.74) is 1.88. The van der Waals surface area contributed by atoms with E-state index in [-0.39, 0.29) is 6.10 Å². The summed E-state index contributed by atoms with van der Waals surface area (Å²) in [4.78, 5) is 13.6. The summed E-state index contributed by atoms with van der Waals surface area (Å²) >= 11 is 1.80. The summed E-state index contributed by atoms with van der Waals surface area (Å²) in [5, 5.41) is 20.7. The molecule has 1 aliphatic heterocycles. The summed E-state index contributed by atoms with van der Waals surface area (Å²) in [6.07, 6.45) is -1.22. The van der Waals surface area contributed by atoms with Crippen LogP contribution in [0.15, 0.2) is 59.5 Å². The van der Waals surface area contributed by atoms with Crippen LogP contribution in [0, 0.1) is 6.92 Å². The van der Waals surface area contributed by atoms with Gasteiger partial charge >= 0.3 is 6.09 Å². The number of hydrogen-bond donors (Lipinski definition) is 3. The van der Waals surface area contributed by atoms with E-state index in [9.17, 15) is 9.90 Å². The fourth-order valence-electron chi connectivity index (χ4n) is 2.64. The van der Waals surface area contributed by atoms with Crippen LogP contribution in [0.1, 0.15) is 12.5 Å². The Balaban J connectivity index is 0.000000209. The highest BCUT2D eigenvalue weighted by Crippen LogP contribution is 2.30. The SMILES string of the molecule is CCN1CC(O)C(Sc2ccc(C)cc2)C1.O=C(O)Nc1ccccc1. The fourth-order valence-corrected chi connectivity index (χ4v) is 3.81. The minimum absolute atomic E-state index is 0.189. The molecule has 3 N–H and O–H groups in total. The van der Waals surface area contributed by atoms with Crippen LogP contribution in [-0.2, 0) is 0 Å². The zero-order chi connectivity index (χ0) is 18.9. The number of nitrogens with one attached hydrogen (secondary N) is 1. The number of amides is 1. The topological polar surface area (TPSA) is 72.8 Å². The summed E-state index contributed by atoms with van der Waals surface area (Å²) in [7, 11) is 0. The minimum Gasteiger partial charge on any atom is -0.465 e. The maximum absolute atomic E-state index is 10.1. The van der Waals surface area contributed by atoms with Crippen LogP contribution >= 0.6 is 11.8 Å². The van der Waals surface area contributed by atoms with E-state index in [2.05, 4.69) is 48.3 Å². The van der Waals surface area contributed by atoms with Crippen molar-refractivity contribution >= 4 is 23.5 Å². The second-order valence-electron chi connectivity index (χ2n) is 6.19. The molecule has 2 aromatic rings. The number of aliphatic hydroxyl groups excluding tert-OH is 1. The van der Waals surface area contributed by atoms with Crippen molar-refractivity contribution in [3.05, 3.63) is 60.2 Å². The van der Waals surface area contributed by atoms with Gasteiger partial charge in [-0.3, -0.25) is 10.2 Å². The number of carbonyl (C=O) groups is 1. The number of anilines is 1. The number of carboxylic acid groups (broad SMARTS) is 1. The highest BCUT2D eigenvalue weighted by molar-refractivity contribution is 8.00. The lowest BCUT2D eigenvalue weighted by atomic mass is 10.2. The molecule has 26 heavy (non-hydrogen) atoms. The van der Waals surface area contributed by atoms with Gasteiger partial charge in [0.25, 0.3) is 0 Å². The van der Waals surface area contributed by atoms with Crippen LogP contribution in [0.5, 0.6) is 0 Å². The fraction of sp³-hybridized carbons (Fsp3) is 0.350. The van der Waals surface area contributed by atoms with E-state index in [0.717, 1.165) is 19.6 Å². The Kier molecular flexibility index (Phi) is 7.97. The molecule has 2 atom stereocenters. The zero-order valence-corrected chi connectivity index (χ0v) is 15.9. The number of likely N-dealkylation sites (N-methyl/N-ethyl adjacent to an activating group) is 1. The van der Waals surface area contributed by atoms with Gasteiger partial charge < -0.3 is 10.2 Å². The second-order valence-corrected chi connectivity index (χ2v) is 7.50. The molecule has 1 amide bonds. The molecule has 3 rings (SSSR count). The number of β-amino-alcohol motifs (C(OH)–C–C–N with tert-alkyl or cyclic N) is 1. The lowest BCUT2D eigenvalue weighted by Gasteiger charge is -2.13. The molecule has 2 aromatic carbocycles. The summed E-state index contributed by atoms with van der Waals surface area (Å²) < 4.78 is 0. The van der Waals surface area contributed by atoms with Gasteiger partial charge in [0.05, 0.1) is 6.10 Å². The van der Waals surface area contributed by atoms with E-state index in [1.165, 1.54) is 10.5 Å². The van der Waals surface area contributed by atoms with Gasteiger partial charge in [-0.2, -0.15) is 0 Å². The number of likely N-dealkylation sites (tertiary alicyclic amines) is 1. The lowest BCUT2D eigenvalue weighted by Crippen LogP contribution is -2.21. The summed E-state index contributed by atoms with van der Waals surface area (Å²) in [5.74, 6) is 0. The quantitative estimate of drug-likeness (QED) is 0.756. The van der Waals surface area contributed by atoms with Crippen molar-refractivity contribution < 1.29 is 15.0 Å². The molecule has 0 aliphatic carbocycles. The molecule has 0 saturated carbocycles. The Morgan fingerprint density at radius 3 is 2.35 bits per heavy atom. The predicted molar refractivity (Wildman–Crippen MR) is 107 cm³/mol. The van der Waals surface area contributed by atoms with Gasteiger partial charge in [0.15, 0.2) is 0 Å². The number of benzene rings is 2. The molecule has 1 aliphatic rings. The summed E-state index contributed by atoms with van der Waals surface area (Å²) in [6, 6.07) is 17.3. The first-order chi connectivity index (χ1) is 12.5. The monoisotopic (exact) mass is 374 g/mol. The second kappa shape index (κ2) is 10.2. The molecule has 1 heterocycles. The van der Waals surface area contributed by atoms with E-state index in [1.807, 2.05) is 6.07 Å². The molecule has 0 radical (unpaired) electrons. The van der Waals surface area contributed by atoms with E-state index >= 15 is 0 Å². The molecule has 0 aromatic heterocycles. The maximum atomic E-state index is 10.1. The molecule has 1 fully saturated rings. The van der Waals surface area contributed by atoms with Crippen molar-refractivity contribution in [2.45, 2.75) is 30.1 Å². The van der Waals surface area contributed by atoms with Crippen molar-refractivity contribution in [2.75, 3.05) is 25.0 Å². The highest BCUT2D eigenvalue weighted by atomic mass is 32.2. The third-order valence-corrected chi connectivity index (χ3v) is 5.40. The van der Waals surface area contributed by atoms with Gasteiger partial charge in [-0.05, 0) is 37.7 Å². The number of rotatable bonds is 4. The lowest BCUT2D eigenvalue weighted by molar-refractivity contribution is 0.181. The first kappa shape index (κ1) is 20.3. The number of para-hydroxylation sites is 1. The van der Waals surface area contributed by atoms with E-state index in [4.69, 9.17) is 5.11 Å². The van der Waals surface area contributed by atoms with E-state index in [1.54, 1.807) is 36.0 Å². The Labute approximate surface area is 159 Å². The Hall–Kier alpha value is -2.02. The largest absolute Gasteiger partial charge is 0.465 e. The molecule has 2 unspecified atom stereocenters. The number of aliphatic hydroxyl groups is 1. The minimum atomic E-state index is -1.04. The molecule has 0 spiro atoms. The smallest absolute Gasteiger partial charge is 0.409 e. The molecule has 1 saturated heterocycles. The van der Waals surface area contributed by atoms with E-state index in [0.29, 0.717) is 10.9 Å². The number of nitrogens with zero attached hydrogens (tertiary/aromatic N) is 1. The highest BCUT2D eigenvalue weighted by Gasteiger charge is 2.30. The van der Waals surface area contributed by atoms with Crippen LogP contribution in [0.25, 0.3) is 0 Å². The molecular weight excluding hydrogens is 348 g/mol. The molecule has 0 bridgehead atoms. The van der Waals surface area contributed by atoms with Gasteiger partial charge in [-0.15, -0.1) is 11.8 Å². The van der Waals surface area contributed by atoms with Crippen LogP contribution in [-0.4, -0.2) is 52.2 Å². The number of aryl methyl sites for hydroxylation is 1. The average molecular weight is 375 g/mol. The first-order valence-electron chi connectivity index (χ1n) is 8.66. The van der Waals surface area contributed by atoms with Gasteiger partial charge in [0, 0.05) is 28.9 Å². The zero-order valence-electron chi connectivity index (χ0n) is 15.1. The van der Waals surface area contributed by atoms with Gasteiger partial charge in [0.2, 0.25) is 0 Å². The molecule has 5 nitrogen and oxygen atoms in total. The summed E-state index contributed by atoms with van der Waals surface area (Å²) in [6.45, 7) is 7.08. The third-order valence-electron chi connectivity index (χ3n) is 4.09. The Morgan fingerprint density at radius 2 is 1.81 bits per heavy atom. The van der Waals surface area contributed by atoms with Gasteiger partial charge in [-0.1, -0.05) is 42.8 Å². The van der Waals surface area contributed by atoms with Crippen LogP contribution < -0.4 is 5.32 Å². The predicted octanol–water partition coefficient (Wildman–Crippen LogP) is 3.93. The average Bonchev–Trinajstić information content (AvgIpc) is 2.98. The maximum Gasteiger partial charge on any atom is 0.409 e. The van der Waals surface area contributed by atoms with Crippen molar-refractivity contribution in [3.8, 4) is 0 Å². The van der Waals surface area contributed by atoms with Crippen LogP contribution in [0.4, 0.5) is 10.5 Å². The van der Waals surface area contributed by atoms with Crippen molar-refractivity contribution in [1.29, 1.82) is 0 Å². The molecule has 6 heteroatoms. The first-order valence-corrected chi connectivity index (χ1v) is 9.54. The van der Waals surface area contributed by atoms with Crippen molar-refractivity contribution in [1.82, 2.24) is 4.90 Å². The van der Waals surface area contributed by atoms with Gasteiger partial charge in [-0.25, -0.2) is 4.79 Å². The third kappa shape index (κ3) is 6.71. The number of hydrogen-bond acceptors (Lipinski definition) is 4. The molecule has 140 valence electrons. The standard InChI is InChI=1S/C13H19NOS.C7H7NO2/c1-3-14-8-12(15)13(9-14)16-11-6-4-10(2)5-7-11;9-7(10)8-6-4-2-1-3-5-6/h4-7,12-13,15H,3,8-9H2,1-2H3;1-5,8H,(H,9,10). The van der Waals surface area contributed by atoms with Crippen LogP contribution in [0.3, 0.4) is 0 Å². The Bertz CT molecular complexity index is 679. The van der Waals surface area contributed by atoms with Crippen molar-refractivity contribution in [2.24, 2.45) is 0 Å². The number of thioether (sulfide) groups is 1.